The number of aliphatic hydroxyl groups is 1. The number of nitrogens with zero attached hydrogens (tertiary/aromatic N) is 1. The first kappa shape index (κ1) is 12.8. The molecule has 2 N–H and O–H groups in total. The van der Waals surface area contributed by atoms with Crippen LogP contribution in [0.3, 0.4) is 0 Å². The Hall–Kier alpha value is -1.23. The molecule has 3 rings (SSSR count). The molecule has 1 aromatic heterocycles. The molecule has 0 amide bonds. The Morgan fingerprint density at radius 2 is 2.05 bits per heavy atom. The molecule has 0 bridgehead atoms. The monoisotopic (exact) mass is 274 g/mol. The maximum absolute atomic E-state index is 9.99. The molecular weight excluding hydrogens is 256 g/mol. The van der Waals surface area contributed by atoms with E-state index in [4.69, 9.17) is 0 Å². The molecule has 1 aliphatic carbocycles. The molecule has 1 heterocycles. The van der Waals surface area contributed by atoms with E-state index in [1.807, 2.05) is 18.2 Å². The molecule has 1 aliphatic rings. The number of thiazole rings is 1. The number of hydrogen-bond acceptors (Lipinski definition) is 4. The van der Waals surface area contributed by atoms with Gasteiger partial charge in [0.2, 0.25) is 0 Å². The van der Waals surface area contributed by atoms with E-state index >= 15 is 0 Å². The zero-order valence-electron chi connectivity index (χ0n) is 10.8. The van der Waals surface area contributed by atoms with Crippen molar-refractivity contribution in [1.82, 2.24) is 10.3 Å². The van der Waals surface area contributed by atoms with Crippen molar-refractivity contribution in [1.29, 1.82) is 0 Å². The Bertz CT molecular complexity index is 534. The van der Waals surface area contributed by atoms with Crippen LogP contribution in [0.2, 0.25) is 0 Å². The molecule has 0 radical (unpaired) electrons. The maximum Gasteiger partial charge on any atom is 0.123 e. The van der Waals surface area contributed by atoms with Crippen molar-refractivity contribution in [3.8, 4) is 10.6 Å². The average Bonchev–Trinajstić information content (AvgIpc) is 2.87. The van der Waals surface area contributed by atoms with Gasteiger partial charge in [0.15, 0.2) is 0 Å². The average molecular weight is 274 g/mol. The van der Waals surface area contributed by atoms with Crippen LogP contribution in [0.15, 0.2) is 35.7 Å². The Kier molecular flexibility index (Phi) is 3.64. The highest BCUT2D eigenvalue weighted by molar-refractivity contribution is 7.13. The van der Waals surface area contributed by atoms with Gasteiger partial charge in [0.1, 0.15) is 5.01 Å². The van der Waals surface area contributed by atoms with Gasteiger partial charge in [-0.3, -0.25) is 0 Å². The molecule has 19 heavy (non-hydrogen) atoms. The second-order valence-corrected chi connectivity index (χ2v) is 6.05. The van der Waals surface area contributed by atoms with Crippen LogP contribution in [-0.2, 0) is 6.54 Å². The fourth-order valence-corrected chi connectivity index (χ4v) is 3.11. The second-order valence-electron chi connectivity index (χ2n) is 5.19. The largest absolute Gasteiger partial charge is 0.389 e. The Balaban J connectivity index is 1.56. The summed E-state index contributed by atoms with van der Waals surface area (Å²) in [5.41, 5.74) is 1.75. The third-order valence-electron chi connectivity index (χ3n) is 3.62. The van der Waals surface area contributed by atoms with Gasteiger partial charge in [-0.2, -0.15) is 0 Å². The SMILES string of the molecule is OC1(CNCc2csc(-c3ccccc3)n2)CCC1. The van der Waals surface area contributed by atoms with Crippen molar-refractivity contribution < 1.29 is 5.11 Å². The minimum atomic E-state index is -0.460. The molecule has 0 spiro atoms. The summed E-state index contributed by atoms with van der Waals surface area (Å²) < 4.78 is 0. The van der Waals surface area contributed by atoms with Crippen LogP contribution in [0, 0.1) is 0 Å². The van der Waals surface area contributed by atoms with Crippen LogP contribution < -0.4 is 5.32 Å². The van der Waals surface area contributed by atoms with Crippen LogP contribution in [0.1, 0.15) is 25.0 Å². The highest BCUT2D eigenvalue weighted by atomic mass is 32.1. The van der Waals surface area contributed by atoms with Gasteiger partial charge in [0.05, 0.1) is 11.3 Å². The summed E-state index contributed by atoms with van der Waals surface area (Å²) in [6.45, 7) is 1.40. The topological polar surface area (TPSA) is 45.1 Å². The molecule has 0 atom stereocenters. The van der Waals surface area contributed by atoms with Crippen LogP contribution in [-0.4, -0.2) is 22.2 Å². The van der Waals surface area contributed by atoms with Gasteiger partial charge >= 0.3 is 0 Å². The number of aromatic nitrogens is 1. The van der Waals surface area contributed by atoms with Gasteiger partial charge < -0.3 is 10.4 Å². The number of hydrogen-bond donors (Lipinski definition) is 2. The summed E-state index contributed by atoms with van der Waals surface area (Å²) in [6.07, 6.45) is 2.99. The summed E-state index contributed by atoms with van der Waals surface area (Å²) in [7, 11) is 0. The zero-order valence-corrected chi connectivity index (χ0v) is 11.6. The van der Waals surface area contributed by atoms with Crippen LogP contribution in [0.5, 0.6) is 0 Å². The zero-order chi connectivity index (χ0) is 13.1. The molecular formula is C15H18N2OS. The molecule has 1 saturated carbocycles. The lowest BCUT2D eigenvalue weighted by molar-refractivity contribution is -0.0315. The van der Waals surface area contributed by atoms with Gasteiger partial charge in [-0.15, -0.1) is 11.3 Å². The lowest BCUT2D eigenvalue weighted by Crippen LogP contribution is -2.46. The molecule has 2 aromatic rings. The van der Waals surface area contributed by atoms with Crippen molar-refractivity contribution in [2.24, 2.45) is 0 Å². The normalized spacial score (nSPS) is 17.1. The third kappa shape index (κ3) is 3.03. The predicted octanol–water partition coefficient (Wildman–Crippen LogP) is 2.81. The minimum Gasteiger partial charge on any atom is -0.389 e. The highest BCUT2D eigenvalue weighted by Crippen LogP contribution is 2.30. The third-order valence-corrected chi connectivity index (χ3v) is 4.56. The minimum absolute atomic E-state index is 0.460. The van der Waals surface area contributed by atoms with E-state index in [0.717, 1.165) is 42.1 Å². The van der Waals surface area contributed by atoms with Crippen molar-refractivity contribution in [3.63, 3.8) is 0 Å². The molecule has 1 aromatic carbocycles. The first-order valence-corrected chi connectivity index (χ1v) is 7.56. The van der Waals surface area contributed by atoms with E-state index in [1.165, 1.54) is 0 Å². The maximum atomic E-state index is 9.99. The summed E-state index contributed by atoms with van der Waals surface area (Å²) in [4.78, 5) is 4.62. The molecule has 0 aliphatic heterocycles. The van der Waals surface area contributed by atoms with E-state index < -0.39 is 5.60 Å². The highest BCUT2D eigenvalue weighted by Gasteiger charge is 2.33. The molecule has 0 saturated heterocycles. The number of rotatable bonds is 5. The standard InChI is InChI=1S/C15H18N2OS/c18-15(7-4-8-15)11-16-9-13-10-19-14(17-13)12-5-2-1-3-6-12/h1-3,5-6,10,16,18H,4,7-9,11H2. The van der Waals surface area contributed by atoms with Crippen LogP contribution in [0.25, 0.3) is 10.6 Å². The first-order valence-electron chi connectivity index (χ1n) is 6.68. The van der Waals surface area contributed by atoms with E-state index in [-0.39, 0.29) is 0 Å². The number of nitrogens with one attached hydrogen (secondary N) is 1. The fourth-order valence-electron chi connectivity index (χ4n) is 2.29. The van der Waals surface area contributed by atoms with E-state index in [2.05, 4.69) is 27.8 Å². The summed E-state index contributed by atoms with van der Waals surface area (Å²) in [5, 5.41) is 16.4. The Morgan fingerprint density at radius 1 is 1.26 bits per heavy atom. The molecule has 1 fully saturated rings. The van der Waals surface area contributed by atoms with Crippen LogP contribution >= 0.6 is 11.3 Å². The van der Waals surface area contributed by atoms with Crippen molar-refractivity contribution >= 4 is 11.3 Å². The van der Waals surface area contributed by atoms with E-state index in [9.17, 15) is 5.11 Å². The lowest BCUT2D eigenvalue weighted by Gasteiger charge is -2.36. The fraction of sp³-hybridized carbons (Fsp3) is 0.400. The predicted molar refractivity (Wildman–Crippen MR) is 78.1 cm³/mol. The summed E-state index contributed by atoms with van der Waals surface area (Å²) in [6, 6.07) is 10.2. The number of benzene rings is 1. The quantitative estimate of drug-likeness (QED) is 0.881. The van der Waals surface area contributed by atoms with E-state index in [1.54, 1.807) is 11.3 Å². The Labute approximate surface area is 117 Å². The Morgan fingerprint density at radius 3 is 2.74 bits per heavy atom. The summed E-state index contributed by atoms with van der Waals surface area (Å²) in [5.74, 6) is 0. The molecule has 3 nitrogen and oxygen atoms in total. The van der Waals surface area contributed by atoms with Gasteiger partial charge in [0, 0.05) is 24.0 Å². The molecule has 0 unspecified atom stereocenters. The van der Waals surface area contributed by atoms with Gasteiger partial charge in [-0.25, -0.2) is 4.98 Å². The van der Waals surface area contributed by atoms with Gasteiger partial charge in [-0.05, 0) is 19.3 Å². The lowest BCUT2D eigenvalue weighted by atomic mass is 9.80. The van der Waals surface area contributed by atoms with Gasteiger partial charge in [-0.1, -0.05) is 30.3 Å². The van der Waals surface area contributed by atoms with E-state index in [0.29, 0.717) is 6.54 Å². The second kappa shape index (κ2) is 5.41. The van der Waals surface area contributed by atoms with Crippen molar-refractivity contribution in [3.05, 3.63) is 41.4 Å². The van der Waals surface area contributed by atoms with Crippen molar-refractivity contribution in [2.75, 3.05) is 6.54 Å². The van der Waals surface area contributed by atoms with Crippen LogP contribution in [0.4, 0.5) is 0 Å². The molecule has 4 heteroatoms. The summed E-state index contributed by atoms with van der Waals surface area (Å²) >= 11 is 1.67. The van der Waals surface area contributed by atoms with Crippen molar-refractivity contribution in [2.45, 2.75) is 31.4 Å². The smallest absolute Gasteiger partial charge is 0.123 e. The first-order chi connectivity index (χ1) is 9.25. The molecule has 100 valence electrons. The van der Waals surface area contributed by atoms with Gasteiger partial charge in [0.25, 0.3) is 0 Å².